The molecule has 4 heterocycles. The Morgan fingerprint density at radius 2 is 2.02 bits per heavy atom. The van der Waals surface area contributed by atoms with Crippen LogP contribution in [0.3, 0.4) is 0 Å². The van der Waals surface area contributed by atoms with Crippen LogP contribution in [0, 0.1) is 6.92 Å². The number of amides is 1. The number of ether oxygens (including phenoxy) is 3. The number of oxazole rings is 1. The van der Waals surface area contributed by atoms with Gasteiger partial charge in [-0.3, -0.25) is 14.5 Å². The van der Waals surface area contributed by atoms with Crippen molar-refractivity contribution >= 4 is 28.2 Å². The number of para-hydroxylation sites is 1. The van der Waals surface area contributed by atoms with E-state index in [0.29, 0.717) is 58.7 Å². The summed E-state index contributed by atoms with van der Waals surface area (Å²) in [4.78, 5) is 34.0. The Balaban J connectivity index is 1.45. The van der Waals surface area contributed by atoms with Crippen LogP contribution in [-0.2, 0) is 14.3 Å². The molecule has 3 aromatic rings. The molecule has 0 spiro atoms. The highest BCUT2D eigenvalue weighted by Crippen LogP contribution is 2.53. The minimum atomic E-state index is -1.40. The number of aliphatic carboxylic acids is 1. The number of aromatic nitrogens is 1. The molecule has 0 radical (unpaired) electrons. The van der Waals surface area contributed by atoms with E-state index in [1.54, 1.807) is 18.2 Å². The number of methoxy groups -OCH3 is 1. The molecule has 2 aliphatic heterocycles. The first-order valence-electron chi connectivity index (χ1n) is 13.7. The molecule has 2 fully saturated rings. The summed E-state index contributed by atoms with van der Waals surface area (Å²) in [6.07, 6.45) is 3.23. The number of carbonyl (C=O) groups excluding carboxylic acids is 1. The maximum atomic E-state index is 14.1. The zero-order valence-electron chi connectivity index (χ0n) is 22.9. The first-order valence-corrected chi connectivity index (χ1v) is 14.5. The van der Waals surface area contributed by atoms with Crippen molar-refractivity contribution in [1.29, 1.82) is 0 Å². The summed E-state index contributed by atoms with van der Waals surface area (Å²) in [5.74, 6) is -0.385. The fourth-order valence-electron chi connectivity index (χ4n) is 5.90. The Morgan fingerprint density at radius 1 is 1.27 bits per heavy atom. The van der Waals surface area contributed by atoms with Gasteiger partial charge in [0.15, 0.2) is 0 Å². The van der Waals surface area contributed by atoms with Crippen LogP contribution in [0.15, 0.2) is 41.1 Å². The highest BCUT2D eigenvalue weighted by atomic mass is 32.1. The SMILES string of the molecule is COc1ccccc1C(CN1c2sc(-c3ncco3)c(C)c2C(=O)N(C2(CC(=O)O)CC2)C1O)OC1CCOCC1. The molecule has 41 heavy (non-hydrogen) atoms. The van der Waals surface area contributed by atoms with Crippen LogP contribution in [0.4, 0.5) is 5.00 Å². The summed E-state index contributed by atoms with van der Waals surface area (Å²) in [6, 6.07) is 7.60. The smallest absolute Gasteiger partial charge is 0.305 e. The molecule has 12 heteroatoms. The van der Waals surface area contributed by atoms with Crippen LogP contribution >= 0.6 is 11.3 Å². The number of hydrogen-bond donors (Lipinski definition) is 2. The fraction of sp³-hybridized carbons (Fsp3) is 0.483. The molecular weight excluding hydrogens is 550 g/mol. The predicted molar refractivity (Wildman–Crippen MR) is 149 cm³/mol. The number of hydrogen-bond acceptors (Lipinski definition) is 10. The van der Waals surface area contributed by atoms with Gasteiger partial charge in [0.2, 0.25) is 12.2 Å². The molecule has 1 amide bonds. The van der Waals surface area contributed by atoms with Crippen molar-refractivity contribution < 1.29 is 38.4 Å². The lowest BCUT2D eigenvalue weighted by atomic mass is 10.0. The van der Waals surface area contributed by atoms with E-state index in [-0.39, 0.29) is 19.1 Å². The lowest BCUT2D eigenvalue weighted by molar-refractivity contribution is -0.139. The van der Waals surface area contributed by atoms with Crippen LogP contribution in [0.1, 0.15) is 59.7 Å². The summed E-state index contributed by atoms with van der Waals surface area (Å²) in [6.45, 7) is 3.21. The molecule has 11 nitrogen and oxygen atoms in total. The Bertz CT molecular complexity index is 1410. The third kappa shape index (κ3) is 5.09. The number of carboxylic acids is 1. The monoisotopic (exact) mass is 583 g/mol. The largest absolute Gasteiger partial charge is 0.496 e. The van der Waals surface area contributed by atoms with E-state index < -0.39 is 29.9 Å². The van der Waals surface area contributed by atoms with E-state index in [4.69, 9.17) is 18.6 Å². The quantitative estimate of drug-likeness (QED) is 0.358. The second kappa shape index (κ2) is 11.1. The molecule has 1 saturated carbocycles. The number of rotatable bonds is 10. The van der Waals surface area contributed by atoms with Gasteiger partial charge in [0.25, 0.3) is 5.91 Å². The van der Waals surface area contributed by atoms with Crippen molar-refractivity contribution in [3.05, 3.63) is 53.4 Å². The Labute approximate surface area is 241 Å². The third-order valence-electron chi connectivity index (χ3n) is 8.15. The van der Waals surface area contributed by atoms with Gasteiger partial charge in [0.05, 0.1) is 48.4 Å². The van der Waals surface area contributed by atoms with Crippen molar-refractivity contribution in [2.75, 3.05) is 31.8 Å². The Kier molecular flexibility index (Phi) is 7.49. The molecule has 1 saturated heterocycles. The van der Waals surface area contributed by atoms with Gasteiger partial charge in [0, 0.05) is 18.8 Å². The van der Waals surface area contributed by atoms with Gasteiger partial charge in [-0.1, -0.05) is 18.2 Å². The normalized spacial score (nSPS) is 21.0. The summed E-state index contributed by atoms with van der Waals surface area (Å²) in [5.41, 5.74) is 0.934. The second-order valence-electron chi connectivity index (χ2n) is 10.7. The van der Waals surface area contributed by atoms with Crippen molar-refractivity contribution in [2.45, 2.75) is 63.1 Å². The molecule has 2 aromatic heterocycles. The number of nitrogens with zero attached hydrogens (tertiary/aromatic N) is 3. The van der Waals surface area contributed by atoms with Crippen LogP contribution < -0.4 is 9.64 Å². The predicted octanol–water partition coefficient (Wildman–Crippen LogP) is 4.20. The van der Waals surface area contributed by atoms with E-state index in [9.17, 15) is 19.8 Å². The van der Waals surface area contributed by atoms with E-state index in [1.165, 1.54) is 22.5 Å². The lowest BCUT2D eigenvalue weighted by Gasteiger charge is -2.46. The van der Waals surface area contributed by atoms with Crippen LogP contribution in [0.2, 0.25) is 0 Å². The minimum absolute atomic E-state index is 0.0625. The van der Waals surface area contributed by atoms with Gasteiger partial charge < -0.3 is 33.7 Å². The third-order valence-corrected chi connectivity index (χ3v) is 9.47. The number of fused-ring (bicyclic) bond motifs is 1. The molecule has 218 valence electrons. The van der Waals surface area contributed by atoms with Crippen LogP contribution in [0.5, 0.6) is 5.75 Å². The van der Waals surface area contributed by atoms with Gasteiger partial charge in [-0.25, -0.2) is 4.98 Å². The van der Waals surface area contributed by atoms with Crippen LogP contribution in [0.25, 0.3) is 10.8 Å². The van der Waals surface area contributed by atoms with Crippen LogP contribution in [-0.4, -0.2) is 76.8 Å². The topological polar surface area (TPSA) is 135 Å². The molecule has 0 bridgehead atoms. The Hall–Kier alpha value is -3.45. The van der Waals surface area contributed by atoms with E-state index in [0.717, 1.165) is 18.4 Å². The van der Waals surface area contributed by atoms with E-state index in [2.05, 4.69) is 4.98 Å². The van der Waals surface area contributed by atoms with Gasteiger partial charge in [-0.15, -0.1) is 11.3 Å². The maximum absolute atomic E-state index is 14.1. The van der Waals surface area contributed by atoms with Gasteiger partial charge in [-0.2, -0.15) is 0 Å². The summed E-state index contributed by atoms with van der Waals surface area (Å²) in [7, 11) is 1.60. The molecule has 2 N–H and O–H groups in total. The molecule has 3 aliphatic rings. The molecule has 1 aliphatic carbocycles. The van der Waals surface area contributed by atoms with Crippen molar-refractivity contribution in [2.24, 2.45) is 0 Å². The lowest BCUT2D eigenvalue weighted by Crippen LogP contribution is -2.61. The van der Waals surface area contributed by atoms with E-state index in [1.807, 2.05) is 31.2 Å². The standard InChI is InChI=1S/C29H33N3O8S/c1-17-23-26(35)32(29(9-10-29)15-22(33)34)28(36)31(27(23)41-24(17)25-30-11-14-39-25)16-21(40-18-7-12-38-13-8-18)19-5-3-4-6-20(19)37-2/h3-6,11,14,18,21,28,36H,7-10,12-13,15-16H2,1-2H3,(H,33,34). The first-order chi connectivity index (χ1) is 19.8. The molecular formula is C29H33N3O8S. The highest BCUT2D eigenvalue weighted by molar-refractivity contribution is 7.20. The zero-order chi connectivity index (χ0) is 28.7. The number of aliphatic hydroxyl groups excluding tert-OH is 1. The average molecular weight is 584 g/mol. The number of carboxylic acid groups (broad SMARTS) is 1. The summed E-state index contributed by atoms with van der Waals surface area (Å²) in [5, 5.41) is 22.1. The molecule has 2 atom stereocenters. The van der Waals surface area contributed by atoms with Gasteiger partial charge in [-0.05, 0) is 44.2 Å². The van der Waals surface area contributed by atoms with Crippen molar-refractivity contribution in [3.8, 4) is 16.5 Å². The van der Waals surface area contributed by atoms with Crippen molar-refractivity contribution in [3.63, 3.8) is 0 Å². The number of thiophene rings is 1. The number of aliphatic hydroxyl groups is 1. The number of carbonyl (C=O) groups is 2. The average Bonchev–Trinajstić information content (AvgIpc) is 3.35. The summed E-state index contributed by atoms with van der Waals surface area (Å²) >= 11 is 1.31. The van der Waals surface area contributed by atoms with Gasteiger partial charge >= 0.3 is 5.97 Å². The highest BCUT2D eigenvalue weighted by Gasteiger charge is 2.58. The zero-order valence-corrected chi connectivity index (χ0v) is 23.8. The van der Waals surface area contributed by atoms with E-state index >= 15 is 0 Å². The van der Waals surface area contributed by atoms with Gasteiger partial charge in [0.1, 0.15) is 23.1 Å². The van der Waals surface area contributed by atoms with Crippen molar-refractivity contribution in [1.82, 2.24) is 9.88 Å². The minimum Gasteiger partial charge on any atom is -0.496 e. The number of anilines is 1. The number of benzene rings is 1. The molecule has 2 unspecified atom stereocenters. The summed E-state index contributed by atoms with van der Waals surface area (Å²) < 4.78 is 23.5. The molecule has 6 rings (SSSR count). The first kappa shape index (κ1) is 27.7. The maximum Gasteiger partial charge on any atom is 0.305 e. The fourth-order valence-corrected chi connectivity index (χ4v) is 7.16. The second-order valence-corrected chi connectivity index (χ2v) is 11.7. The Morgan fingerprint density at radius 3 is 2.68 bits per heavy atom. The molecule has 1 aromatic carbocycles.